The lowest BCUT2D eigenvalue weighted by atomic mass is 9.78. The summed E-state index contributed by atoms with van der Waals surface area (Å²) in [6, 6.07) is 42.2. The Balaban J connectivity index is 1.15. The van der Waals surface area contributed by atoms with Crippen LogP contribution in [0, 0.1) is 0 Å². The highest BCUT2D eigenvalue weighted by Crippen LogP contribution is 2.53. The molecule has 2 nitrogen and oxygen atoms in total. The number of hydrogen-bond acceptors (Lipinski definition) is 1. The molecule has 0 unspecified atom stereocenters. The number of para-hydroxylation sites is 1. The van der Waals surface area contributed by atoms with Crippen LogP contribution >= 0.6 is 0 Å². The first-order chi connectivity index (χ1) is 22.0. The molecule has 3 aliphatic carbocycles. The van der Waals surface area contributed by atoms with E-state index in [0.29, 0.717) is 0 Å². The Bertz CT molecular complexity index is 2450. The van der Waals surface area contributed by atoms with Crippen LogP contribution in [0.5, 0.6) is 0 Å². The maximum absolute atomic E-state index is 13.4. The van der Waals surface area contributed by atoms with Crippen molar-refractivity contribution in [3.05, 3.63) is 171 Å². The zero-order valence-corrected chi connectivity index (χ0v) is 25.4. The van der Waals surface area contributed by atoms with E-state index in [1.54, 1.807) is 0 Å². The van der Waals surface area contributed by atoms with E-state index in [4.69, 9.17) is 0 Å². The van der Waals surface area contributed by atoms with Crippen molar-refractivity contribution >= 4 is 27.6 Å². The Hall–Kier alpha value is -5.21. The fourth-order valence-electron chi connectivity index (χ4n) is 8.68. The summed E-state index contributed by atoms with van der Waals surface area (Å²) in [5, 5.41) is 2.59. The van der Waals surface area contributed by atoms with Crippen LogP contribution in [0.15, 0.2) is 115 Å². The van der Waals surface area contributed by atoms with Crippen molar-refractivity contribution < 1.29 is 4.79 Å². The van der Waals surface area contributed by atoms with E-state index >= 15 is 0 Å². The van der Waals surface area contributed by atoms with E-state index in [1.807, 2.05) is 18.2 Å². The largest absolute Gasteiger partial charge is 0.309 e. The van der Waals surface area contributed by atoms with Gasteiger partial charge in [0.05, 0.1) is 11.0 Å². The summed E-state index contributed by atoms with van der Waals surface area (Å²) in [6.45, 7) is 4.72. The van der Waals surface area contributed by atoms with E-state index < -0.39 is 0 Å². The molecule has 10 rings (SSSR count). The highest BCUT2D eigenvalue weighted by molar-refractivity contribution is 6.16. The van der Waals surface area contributed by atoms with Crippen LogP contribution in [0.1, 0.15) is 74.3 Å². The van der Waals surface area contributed by atoms with Crippen LogP contribution in [-0.2, 0) is 24.7 Å². The second kappa shape index (κ2) is 8.70. The van der Waals surface area contributed by atoms with Gasteiger partial charge in [0.2, 0.25) is 0 Å². The maximum atomic E-state index is 13.4. The molecule has 0 fully saturated rings. The first-order valence-corrected chi connectivity index (χ1v) is 16.0. The van der Waals surface area contributed by atoms with Gasteiger partial charge in [0.15, 0.2) is 5.78 Å². The summed E-state index contributed by atoms with van der Waals surface area (Å²) in [5.74, 6) is 0.166. The summed E-state index contributed by atoms with van der Waals surface area (Å²) >= 11 is 0. The van der Waals surface area contributed by atoms with Crippen LogP contribution in [-0.4, -0.2) is 10.4 Å². The Morgan fingerprint density at radius 3 is 2.16 bits per heavy atom. The number of rotatable bonds is 1. The van der Waals surface area contributed by atoms with E-state index in [1.165, 1.54) is 72.0 Å². The van der Waals surface area contributed by atoms with Gasteiger partial charge in [-0.1, -0.05) is 105 Å². The molecule has 0 spiro atoms. The lowest BCUT2D eigenvalue weighted by Gasteiger charge is -2.25. The molecule has 0 radical (unpaired) electrons. The van der Waals surface area contributed by atoms with Gasteiger partial charge in [-0.25, -0.2) is 0 Å². The molecule has 6 aromatic carbocycles. The smallest absolute Gasteiger partial charge is 0.193 e. The van der Waals surface area contributed by atoms with Crippen molar-refractivity contribution in [2.45, 2.75) is 38.5 Å². The fraction of sp³-hybridized carbons (Fsp3) is 0.140. The van der Waals surface area contributed by atoms with Gasteiger partial charge in [0, 0.05) is 38.6 Å². The standard InChI is InChI=1S/C43H31NO/c1-43(2)37-13-7-5-12-35(37)40-38(43)18-17-34-33-11-6-8-14-39(33)44(41(34)40)31-16-15-25-19-29-24-36-30(22-27(29)21-28(25)23-31)20-26-9-3-4-10-32(26)42(36)45/h3-18,22-24H,19-21H2,1-2H3. The van der Waals surface area contributed by atoms with Crippen LogP contribution in [0.25, 0.3) is 38.6 Å². The predicted molar refractivity (Wildman–Crippen MR) is 183 cm³/mol. The topological polar surface area (TPSA) is 22.0 Å². The second-order valence-corrected chi connectivity index (χ2v) is 13.7. The number of carbonyl (C=O) groups is 1. The van der Waals surface area contributed by atoms with Gasteiger partial charge in [-0.15, -0.1) is 0 Å². The number of fused-ring (bicyclic) bond motifs is 11. The molecular formula is C43H31NO. The van der Waals surface area contributed by atoms with Crippen molar-refractivity contribution in [2.75, 3.05) is 0 Å². The highest BCUT2D eigenvalue weighted by atomic mass is 16.1. The Labute approximate surface area is 262 Å². The summed E-state index contributed by atoms with van der Waals surface area (Å²) in [5.41, 5.74) is 18.6. The summed E-state index contributed by atoms with van der Waals surface area (Å²) in [7, 11) is 0. The number of benzene rings is 6. The fourth-order valence-corrected chi connectivity index (χ4v) is 8.68. The Morgan fingerprint density at radius 2 is 1.24 bits per heavy atom. The SMILES string of the molecule is CC1(C)c2ccccc2-c2c1ccc1c3ccccc3n(-c3ccc4c(c3)Cc3cc5c(cc3C4)C(=O)c3ccccc3C5)c21. The average molecular weight is 578 g/mol. The third kappa shape index (κ3) is 3.32. The lowest BCUT2D eigenvalue weighted by molar-refractivity contribution is 0.103. The highest BCUT2D eigenvalue weighted by Gasteiger charge is 2.37. The number of ketones is 1. The number of hydrogen-bond donors (Lipinski definition) is 0. The van der Waals surface area contributed by atoms with Crippen LogP contribution in [0.3, 0.4) is 0 Å². The molecule has 2 heteroatoms. The molecule has 0 bridgehead atoms. The van der Waals surface area contributed by atoms with Crippen LogP contribution in [0.2, 0.25) is 0 Å². The Morgan fingerprint density at radius 1 is 0.533 bits per heavy atom. The van der Waals surface area contributed by atoms with Gasteiger partial charge in [-0.05, 0) is 93.6 Å². The number of aromatic nitrogens is 1. The molecule has 0 amide bonds. The van der Waals surface area contributed by atoms with Gasteiger partial charge < -0.3 is 4.57 Å². The molecule has 1 aromatic heterocycles. The van der Waals surface area contributed by atoms with Gasteiger partial charge in [-0.2, -0.15) is 0 Å². The molecule has 45 heavy (non-hydrogen) atoms. The Kier molecular flexibility index (Phi) is 4.86. The van der Waals surface area contributed by atoms with Gasteiger partial charge in [-0.3, -0.25) is 4.79 Å². The van der Waals surface area contributed by atoms with E-state index in [2.05, 4.69) is 115 Å². The van der Waals surface area contributed by atoms with Crippen molar-refractivity contribution in [1.82, 2.24) is 4.57 Å². The number of nitrogens with zero attached hydrogens (tertiary/aromatic N) is 1. The molecule has 0 saturated carbocycles. The number of carbonyl (C=O) groups excluding carboxylic acids is 1. The summed E-state index contributed by atoms with van der Waals surface area (Å²) < 4.78 is 2.51. The summed E-state index contributed by atoms with van der Waals surface area (Å²) in [4.78, 5) is 13.4. The third-order valence-electron chi connectivity index (χ3n) is 10.9. The van der Waals surface area contributed by atoms with Gasteiger partial charge >= 0.3 is 0 Å². The van der Waals surface area contributed by atoms with Crippen molar-refractivity contribution in [3.63, 3.8) is 0 Å². The first-order valence-electron chi connectivity index (χ1n) is 16.0. The van der Waals surface area contributed by atoms with E-state index in [-0.39, 0.29) is 11.2 Å². The monoisotopic (exact) mass is 577 g/mol. The van der Waals surface area contributed by atoms with Crippen molar-refractivity contribution in [1.29, 1.82) is 0 Å². The van der Waals surface area contributed by atoms with Gasteiger partial charge in [0.1, 0.15) is 0 Å². The minimum absolute atomic E-state index is 0.0536. The normalized spacial score (nSPS) is 15.3. The minimum Gasteiger partial charge on any atom is -0.309 e. The summed E-state index contributed by atoms with van der Waals surface area (Å²) in [6.07, 6.45) is 2.56. The van der Waals surface area contributed by atoms with Crippen molar-refractivity contribution in [3.8, 4) is 16.8 Å². The molecule has 0 aliphatic heterocycles. The molecule has 0 saturated heterocycles. The first kappa shape index (κ1) is 25.2. The van der Waals surface area contributed by atoms with Crippen LogP contribution < -0.4 is 0 Å². The average Bonchev–Trinajstić information content (AvgIpc) is 3.52. The minimum atomic E-state index is -0.0536. The maximum Gasteiger partial charge on any atom is 0.193 e. The van der Waals surface area contributed by atoms with Crippen LogP contribution in [0.4, 0.5) is 0 Å². The molecule has 7 aromatic rings. The van der Waals surface area contributed by atoms with Crippen molar-refractivity contribution in [2.24, 2.45) is 0 Å². The molecule has 0 atom stereocenters. The molecule has 214 valence electrons. The molecule has 0 N–H and O–H groups in total. The lowest BCUT2D eigenvalue weighted by Crippen LogP contribution is -2.18. The second-order valence-electron chi connectivity index (χ2n) is 13.7. The van der Waals surface area contributed by atoms with E-state index in [9.17, 15) is 4.79 Å². The zero-order chi connectivity index (χ0) is 30.0. The quantitative estimate of drug-likeness (QED) is 0.190. The predicted octanol–water partition coefficient (Wildman–Crippen LogP) is 9.72. The molecule has 1 heterocycles. The third-order valence-corrected chi connectivity index (χ3v) is 10.9. The van der Waals surface area contributed by atoms with E-state index in [0.717, 1.165) is 41.5 Å². The van der Waals surface area contributed by atoms with Gasteiger partial charge in [0.25, 0.3) is 0 Å². The zero-order valence-electron chi connectivity index (χ0n) is 25.4. The molecule has 3 aliphatic rings. The molecular weight excluding hydrogens is 546 g/mol.